The first kappa shape index (κ1) is 21.1. The van der Waals surface area contributed by atoms with Gasteiger partial charge < -0.3 is 13.8 Å². The topological polar surface area (TPSA) is 61.8 Å². The molecule has 2 aromatic carbocycles. The summed E-state index contributed by atoms with van der Waals surface area (Å²) in [7, 11) is -1.84. The number of esters is 1. The molecule has 0 spiro atoms. The van der Waals surface area contributed by atoms with Gasteiger partial charge in [-0.05, 0) is 42.2 Å². The van der Waals surface area contributed by atoms with Gasteiger partial charge in [-0.1, -0.05) is 48.5 Å². The fraction of sp³-hybridized carbons (Fsp3) is 0.286. The Morgan fingerprint density at radius 1 is 1.00 bits per heavy atom. The van der Waals surface area contributed by atoms with Gasteiger partial charge in [-0.15, -0.1) is 0 Å². The molecule has 27 heavy (non-hydrogen) atoms. The molecule has 0 bridgehead atoms. The van der Waals surface area contributed by atoms with Crippen LogP contribution in [0.25, 0.3) is 17.2 Å². The number of ether oxygens (including phenoxy) is 1. The molecule has 0 N–H and O–H groups in total. The maximum atomic E-state index is 12.9. The van der Waals surface area contributed by atoms with E-state index in [4.69, 9.17) is 9.05 Å². The van der Waals surface area contributed by atoms with Gasteiger partial charge in [0, 0.05) is 6.08 Å². The minimum absolute atomic E-state index is 0.217. The van der Waals surface area contributed by atoms with Crippen LogP contribution in [0.4, 0.5) is 0 Å². The zero-order valence-electron chi connectivity index (χ0n) is 15.9. The highest BCUT2D eigenvalue weighted by Crippen LogP contribution is 2.52. The highest BCUT2D eigenvalue weighted by Gasteiger charge is 2.25. The molecule has 5 nitrogen and oxygen atoms in total. The highest BCUT2D eigenvalue weighted by atomic mass is 31.2. The van der Waals surface area contributed by atoms with Crippen molar-refractivity contribution < 1.29 is 23.1 Å². The van der Waals surface area contributed by atoms with Crippen LogP contribution in [0.15, 0.2) is 54.6 Å². The maximum Gasteiger partial charge on any atom is 0.335 e. The lowest BCUT2D eigenvalue weighted by Crippen LogP contribution is -2.00. The number of hydrogen-bond acceptors (Lipinski definition) is 5. The fourth-order valence-electron chi connectivity index (χ4n) is 2.68. The number of benzene rings is 2. The predicted molar refractivity (Wildman–Crippen MR) is 107 cm³/mol. The summed E-state index contributed by atoms with van der Waals surface area (Å²) in [6, 6.07) is 15.5. The van der Waals surface area contributed by atoms with Crippen molar-refractivity contribution >= 4 is 19.6 Å². The zero-order chi connectivity index (χ0) is 19.7. The normalized spacial score (nSPS) is 11.7. The Bertz CT molecular complexity index is 817. The SMILES string of the molecule is CCOP(=O)(Cc1ccccc1-c1ccc(/C=C/C(=O)OC)cc1)OCC. The number of rotatable bonds is 9. The van der Waals surface area contributed by atoms with Crippen LogP contribution in [0.2, 0.25) is 0 Å². The molecule has 0 unspecified atom stereocenters. The molecule has 0 atom stereocenters. The van der Waals surface area contributed by atoms with Gasteiger partial charge in [-0.3, -0.25) is 4.57 Å². The summed E-state index contributed by atoms with van der Waals surface area (Å²) in [6.07, 6.45) is 3.29. The number of carbonyl (C=O) groups excluding carboxylic acids is 1. The van der Waals surface area contributed by atoms with Crippen molar-refractivity contribution in [2.24, 2.45) is 0 Å². The molecule has 0 amide bonds. The molecule has 0 aliphatic rings. The summed E-state index contributed by atoms with van der Waals surface area (Å²) in [4.78, 5) is 11.2. The molecule has 0 radical (unpaired) electrons. The Labute approximate surface area is 160 Å². The summed E-state index contributed by atoms with van der Waals surface area (Å²) in [5.41, 5.74) is 3.75. The number of hydrogen-bond donors (Lipinski definition) is 0. The van der Waals surface area contributed by atoms with Crippen molar-refractivity contribution in [3.63, 3.8) is 0 Å². The Hall–Kier alpha value is -2.20. The Kier molecular flexibility index (Phi) is 7.99. The molecular formula is C21H25O5P. The minimum Gasteiger partial charge on any atom is -0.466 e. The molecule has 6 heteroatoms. The van der Waals surface area contributed by atoms with Gasteiger partial charge in [0.2, 0.25) is 0 Å². The van der Waals surface area contributed by atoms with Crippen molar-refractivity contribution in [2.75, 3.05) is 20.3 Å². The van der Waals surface area contributed by atoms with Crippen LogP contribution in [-0.4, -0.2) is 26.3 Å². The second-order valence-corrected chi connectivity index (χ2v) is 7.79. The summed E-state index contributed by atoms with van der Waals surface area (Å²) in [6.45, 7) is 4.28. The van der Waals surface area contributed by atoms with E-state index in [0.29, 0.717) is 13.2 Å². The Morgan fingerprint density at radius 3 is 2.22 bits per heavy atom. The largest absolute Gasteiger partial charge is 0.466 e. The summed E-state index contributed by atoms with van der Waals surface area (Å²) in [5, 5.41) is 0. The molecule has 0 aliphatic carbocycles. The zero-order valence-corrected chi connectivity index (χ0v) is 16.8. The lowest BCUT2D eigenvalue weighted by Gasteiger charge is -2.19. The Morgan fingerprint density at radius 2 is 1.63 bits per heavy atom. The second-order valence-electron chi connectivity index (χ2n) is 5.74. The van der Waals surface area contributed by atoms with Crippen molar-refractivity contribution in [3.05, 3.63) is 65.7 Å². The number of methoxy groups -OCH3 is 1. The first-order valence-corrected chi connectivity index (χ1v) is 10.6. The highest BCUT2D eigenvalue weighted by molar-refractivity contribution is 7.53. The molecule has 0 heterocycles. The third-order valence-corrected chi connectivity index (χ3v) is 5.90. The summed E-state index contributed by atoms with van der Waals surface area (Å²) in [5.74, 6) is -0.396. The quantitative estimate of drug-likeness (QED) is 0.331. The van der Waals surface area contributed by atoms with Gasteiger partial charge in [-0.2, -0.15) is 0 Å². The van der Waals surface area contributed by atoms with E-state index in [9.17, 15) is 9.36 Å². The van der Waals surface area contributed by atoms with Crippen molar-refractivity contribution in [2.45, 2.75) is 20.0 Å². The average Bonchev–Trinajstić information content (AvgIpc) is 2.67. The van der Waals surface area contributed by atoms with E-state index in [1.807, 2.05) is 48.5 Å². The monoisotopic (exact) mass is 388 g/mol. The van der Waals surface area contributed by atoms with Crippen LogP contribution >= 0.6 is 7.60 Å². The maximum absolute atomic E-state index is 12.9. The lowest BCUT2D eigenvalue weighted by atomic mass is 9.99. The van der Waals surface area contributed by atoms with Crippen molar-refractivity contribution in [3.8, 4) is 11.1 Å². The Balaban J connectivity index is 2.28. The molecule has 0 aromatic heterocycles. The van der Waals surface area contributed by atoms with Gasteiger partial charge in [-0.25, -0.2) is 4.79 Å². The molecule has 0 saturated heterocycles. The van der Waals surface area contributed by atoms with Crippen LogP contribution in [0.3, 0.4) is 0 Å². The van der Waals surface area contributed by atoms with E-state index in [2.05, 4.69) is 4.74 Å². The van der Waals surface area contributed by atoms with Crippen LogP contribution < -0.4 is 0 Å². The first-order chi connectivity index (χ1) is 13.0. The fourth-order valence-corrected chi connectivity index (χ4v) is 4.41. The van der Waals surface area contributed by atoms with E-state index in [1.54, 1.807) is 19.9 Å². The predicted octanol–water partition coefficient (Wildman–Crippen LogP) is 5.31. The third-order valence-electron chi connectivity index (χ3n) is 3.87. The second kappa shape index (κ2) is 10.2. The smallest absolute Gasteiger partial charge is 0.335 e. The van der Waals surface area contributed by atoms with E-state index in [1.165, 1.54) is 13.2 Å². The minimum atomic E-state index is -3.19. The van der Waals surface area contributed by atoms with Gasteiger partial charge >= 0.3 is 13.6 Å². The van der Waals surface area contributed by atoms with E-state index < -0.39 is 13.6 Å². The summed E-state index contributed by atoms with van der Waals surface area (Å²) < 4.78 is 28.3. The standard InChI is InChI=1S/C21H25O5P/c1-4-25-27(23,26-5-2)16-19-8-6-7-9-20(19)18-13-10-17(11-14-18)12-15-21(22)24-3/h6-15H,4-5,16H2,1-3H3/b15-12+. The first-order valence-electron chi connectivity index (χ1n) is 8.83. The van der Waals surface area contributed by atoms with Gasteiger partial charge in [0.1, 0.15) is 0 Å². The number of carbonyl (C=O) groups is 1. The van der Waals surface area contributed by atoms with Gasteiger partial charge in [0.05, 0.1) is 26.5 Å². The van der Waals surface area contributed by atoms with Crippen LogP contribution in [0.5, 0.6) is 0 Å². The summed E-state index contributed by atoms with van der Waals surface area (Å²) >= 11 is 0. The molecule has 0 saturated carbocycles. The van der Waals surface area contributed by atoms with E-state index in [-0.39, 0.29) is 6.16 Å². The van der Waals surface area contributed by atoms with Crippen LogP contribution in [0.1, 0.15) is 25.0 Å². The molecule has 144 valence electrons. The molecule has 2 aromatic rings. The average molecular weight is 388 g/mol. The van der Waals surface area contributed by atoms with Gasteiger partial charge in [0.15, 0.2) is 0 Å². The molecule has 2 rings (SSSR count). The van der Waals surface area contributed by atoms with E-state index in [0.717, 1.165) is 22.3 Å². The van der Waals surface area contributed by atoms with Crippen LogP contribution in [0, 0.1) is 0 Å². The van der Waals surface area contributed by atoms with Crippen molar-refractivity contribution in [1.29, 1.82) is 0 Å². The van der Waals surface area contributed by atoms with Gasteiger partial charge in [0.25, 0.3) is 0 Å². The third kappa shape index (κ3) is 6.17. The van der Waals surface area contributed by atoms with E-state index >= 15 is 0 Å². The van der Waals surface area contributed by atoms with Crippen molar-refractivity contribution in [1.82, 2.24) is 0 Å². The van der Waals surface area contributed by atoms with Crippen LogP contribution in [-0.2, 0) is 29.3 Å². The lowest BCUT2D eigenvalue weighted by molar-refractivity contribution is -0.134. The molecule has 0 aliphatic heterocycles. The molecule has 0 fully saturated rings. The molecular weight excluding hydrogens is 363 g/mol.